The van der Waals surface area contributed by atoms with E-state index in [1.807, 2.05) is 54.6 Å². The number of phenols is 1. The molecule has 0 aromatic heterocycles. The van der Waals surface area contributed by atoms with E-state index in [0.29, 0.717) is 27.7 Å². The molecule has 126 valence electrons. The van der Waals surface area contributed by atoms with Crippen LogP contribution >= 0.6 is 11.6 Å². The van der Waals surface area contributed by atoms with Crippen LogP contribution in [0, 0.1) is 0 Å². The van der Waals surface area contributed by atoms with Crippen LogP contribution in [0.25, 0.3) is 5.76 Å². The monoisotopic (exact) mass is 360 g/mol. The van der Waals surface area contributed by atoms with Crippen LogP contribution in [0.15, 0.2) is 72.3 Å². The van der Waals surface area contributed by atoms with Crippen molar-refractivity contribution in [2.45, 2.75) is 5.92 Å². The molecule has 1 atom stereocenters. The van der Waals surface area contributed by atoms with Gasteiger partial charge in [0.15, 0.2) is 5.78 Å². The first-order valence-electron chi connectivity index (χ1n) is 8.28. The molecular formula is C22H13ClO3. The summed E-state index contributed by atoms with van der Waals surface area (Å²) in [6.45, 7) is 0. The van der Waals surface area contributed by atoms with Gasteiger partial charge >= 0.3 is 0 Å². The zero-order chi connectivity index (χ0) is 17.8. The van der Waals surface area contributed by atoms with Crippen molar-refractivity contribution >= 4 is 23.1 Å². The third kappa shape index (κ3) is 2.11. The van der Waals surface area contributed by atoms with Crippen molar-refractivity contribution in [3.05, 3.63) is 99.6 Å². The summed E-state index contributed by atoms with van der Waals surface area (Å²) >= 11 is 6.05. The predicted octanol–water partition coefficient (Wildman–Crippen LogP) is 5.18. The van der Waals surface area contributed by atoms with E-state index in [-0.39, 0.29) is 17.5 Å². The number of hydrogen-bond acceptors (Lipinski definition) is 3. The molecule has 1 N–H and O–H groups in total. The summed E-state index contributed by atoms with van der Waals surface area (Å²) < 4.78 is 6.08. The van der Waals surface area contributed by atoms with Gasteiger partial charge in [-0.25, -0.2) is 0 Å². The highest BCUT2D eigenvalue weighted by Gasteiger charge is 2.41. The van der Waals surface area contributed by atoms with E-state index >= 15 is 0 Å². The molecule has 2 aliphatic rings. The molecule has 0 spiro atoms. The summed E-state index contributed by atoms with van der Waals surface area (Å²) in [5, 5.41) is 10.5. The summed E-state index contributed by atoms with van der Waals surface area (Å²) in [4.78, 5) is 13.1. The number of ketones is 1. The first kappa shape index (κ1) is 15.2. The highest BCUT2D eigenvalue weighted by atomic mass is 35.5. The second kappa shape index (κ2) is 5.48. The van der Waals surface area contributed by atoms with Gasteiger partial charge in [-0.15, -0.1) is 0 Å². The Morgan fingerprint density at radius 3 is 2.42 bits per heavy atom. The molecule has 26 heavy (non-hydrogen) atoms. The van der Waals surface area contributed by atoms with E-state index in [2.05, 4.69) is 0 Å². The van der Waals surface area contributed by atoms with Crippen LogP contribution < -0.4 is 4.74 Å². The van der Waals surface area contributed by atoms with Gasteiger partial charge in [0.1, 0.15) is 17.3 Å². The van der Waals surface area contributed by atoms with Gasteiger partial charge in [0.2, 0.25) is 0 Å². The van der Waals surface area contributed by atoms with E-state index in [1.54, 1.807) is 12.1 Å². The molecule has 4 heteroatoms. The number of phenolic OH excluding ortho intramolecular Hbond substituents is 1. The third-order valence-corrected chi connectivity index (χ3v) is 5.17. The second-order valence-corrected chi connectivity index (χ2v) is 6.86. The minimum atomic E-state index is -0.272. The van der Waals surface area contributed by atoms with Crippen molar-refractivity contribution in [2.24, 2.45) is 0 Å². The summed E-state index contributed by atoms with van der Waals surface area (Å²) in [7, 11) is 0. The minimum absolute atomic E-state index is 0.0192. The van der Waals surface area contributed by atoms with Gasteiger partial charge in [0.05, 0.1) is 5.57 Å². The lowest BCUT2D eigenvalue weighted by Crippen LogP contribution is -2.17. The number of benzene rings is 3. The van der Waals surface area contributed by atoms with E-state index in [9.17, 15) is 9.90 Å². The predicted molar refractivity (Wildman–Crippen MR) is 99.7 cm³/mol. The molecule has 1 unspecified atom stereocenters. The summed E-state index contributed by atoms with van der Waals surface area (Å²) in [5.41, 5.74) is 3.88. The van der Waals surface area contributed by atoms with E-state index in [1.165, 1.54) is 0 Å². The molecule has 0 saturated carbocycles. The third-order valence-electron chi connectivity index (χ3n) is 4.92. The van der Waals surface area contributed by atoms with Crippen LogP contribution in [0.1, 0.15) is 33.0 Å². The Bertz CT molecular complexity index is 1100. The number of carbonyl (C=O) groups is 1. The van der Waals surface area contributed by atoms with E-state index < -0.39 is 0 Å². The van der Waals surface area contributed by atoms with Gasteiger partial charge in [0.25, 0.3) is 0 Å². The summed E-state index contributed by atoms with van der Waals surface area (Å²) in [6.07, 6.45) is 0. The van der Waals surface area contributed by atoms with Crippen LogP contribution in [-0.2, 0) is 0 Å². The van der Waals surface area contributed by atoms with Crippen molar-refractivity contribution in [1.29, 1.82) is 0 Å². The van der Waals surface area contributed by atoms with Gasteiger partial charge in [0, 0.05) is 33.7 Å². The second-order valence-electron chi connectivity index (χ2n) is 6.43. The molecule has 3 aromatic rings. The Kier molecular flexibility index (Phi) is 3.21. The van der Waals surface area contributed by atoms with Gasteiger partial charge in [-0.2, -0.15) is 0 Å². The number of aromatic hydroxyl groups is 1. The largest absolute Gasteiger partial charge is 0.508 e. The van der Waals surface area contributed by atoms with Crippen molar-refractivity contribution in [3.8, 4) is 11.5 Å². The molecule has 0 amide bonds. The Morgan fingerprint density at radius 2 is 1.65 bits per heavy atom. The average Bonchev–Trinajstić information content (AvgIpc) is 2.93. The number of carbonyl (C=O) groups excluding carboxylic acids is 1. The molecule has 3 nitrogen and oxygen atoms in total. The quantitative estimate of drug-likeness (QED) is 0.650. The van der Waals surface area contributed by atoms with Gasteiger partial charge in [-0.3, -0.25) is 4.79 Å². The van der Waals surface area contributed by atoms with Crippen molar-refractivity contribution in [2.75, 3.05) is 0 Å². The van der Waals surface area contributed by atoms with Crippen LogP contribution in [0.5, 0.6) is 11.5 Å². The summed E-state index contributed by atoms with van der Waals surface area (Å²) in [5.74, 6) is 0.970. The van der Waals surface area contributed by atoms with E-state index in [0.717, 1.165) is 16.7 Å². The molecule has 0 fully saturated rings. The SMILES string of the molecule is O=C1C2=C(Oc3cc(O)ccc3C2c2ccc(Cl)cc2)c2ccccc21. The maximum atomic E-state index is 13.1. The minimum Gasteiger partial charge on any atom is -0.508 e. The smallest absolute Gasteiger partial charge is 0.194 e. The fourth-order valence-electron chi connectivity index (χ4n) is 3.76. The highest BCUT2D eigenvalue weighted by molar-refractivity contribution is 6.30. The first-order valence-corrected chi connectivity index (χ1v) is 8.66. The molecule has 1 heterocycles. The lowest BCUT2D eigenvalue weighted by atomic mass is 9.81. The molecule has 1 aliphatic heterocycles. The maximum absolute atomic E-state index is 13.1. The van der Waals surface area contributed by atoms with Crippen molar-refractivity contribution < 1.29 is 14.6 Å². The fraction of sp³-hybridized carbons (Fsp3) is 0.0455. The number of fused-ring (bicyclic) bond motifs is 3. The lowest BCUT2D eigenvalue weighted by molar-refractivity contribution is 0.103. The Labute approximate surface area is 155 Å². The molecule has 0 bridgehead atoms. The van der Waals surface area contributed by atoms with Crippen LogP contribution in [0.3, 0.4) is 0 Å². The lowest BCUT2D eigenvalue weighted by Gasteiger charge is -2.27. The number of ether oxygens (including phenoxy) is 1. The summed E-state index contributed by atoms with van der Waals surface area (Å²) in [6, 6.07) is 20.0. The van der Waals surface area contributed by atoms with Crippen LogP contribution in [0.4, 0.5) is 0 Å². The zero-order valence-corrected chi connectivity index (χ0v) is 14.3. The average molecular weight is 361 g/mol. The standard InChI is InChI=1S/C22H13ClO3/c23-13-7-5-12(6-8-13)19-17-10-9-14(24)11-18(17)26-22-16-4-2-1-3-15(16)21(25)20(19)22/h1-11,19,24H. The van der Waals surface area contributed by atoms with Crippen molar-refractivity contribution in [1.82, 2.24) is 0 Å². The van der Waals surface area contributed by atoms with Gasteiger partial charge < -0.3 is 9.84 Å². The molecule has 0 saturated heterocycles. The Balaban J connectivity index is 1.78. The number of allylic oxidation sites excluding steroid dienone is 1. The highest BCUT2D eigenvalue weighted by Crippen LogP contribution is 2.51. The normalized spacial score (nSPS) is 17.4. The van der Waals surface area contributed by atoms with Crippen LogP contribution in [-0.4, -0.2) is 10.9 Å². The fourth-order valence-corrected chi connectivity index (χ4v) is 3.89. The molecule has 1 aliphatic carbocycles. The number of hydrogen-bond donors (Lipinski definition) is 1. The van der Waals surface area contributed by atoms with E-state index in [4.69, 9.17) is 16.3 Å². The van der Waals surface area contributed by atoms with Gasteiger partial charge in [-0.1, -0.05) is 54.1 Å². The Morgan fingerprint density at radius 1 is 0.923 bits per heavy atom. The molecule has 3 aromatic carbocycles. The first-order chi connectivity index (χ1) is 12.6. The zero-order valence-electron chi connectivity index (χ0n) is 13.6. The topological polar surface area (TPSA) is 46.5 Å². The molecular weight excluding hydrogens is 348 g/mol. The van der Waals surface area contributed by atoms with Crippen LogP contribution in [0.2, 0.25) is 5.02 Å². The number of rotatable bonds is 1. The molecule has 5 rings (SSSR count). The molecule has 0 radical (unpaired) electrons. The van der Waals surface area contributed by atoms with Crippen molar-refractivity contribution in [3.63, 3.8) is 0 Å². The maximum Gasteiger partial charge on any atom is 0.194 e. The Hall–Kier alpha value is -3.04. The van der Waals surface area contributed by atoms with Gasteiger partial charge in [-0.05, 0) is 23.8 Å². The number of Topliss-reactive ketones (excluding diaryl/α,β-unsaturated/α-hetero) is 1. The number of halogens is 1.